The number of nitro groups is 1. The first-order valence-corrected chi connectivity index (χ1v) is 6.83. The summed E-state index contributed by atoms with van der Waals surface area (Å²) in [5, 5.41) is 20.5. The quantitative estimate of drug-likeness (QED) is 0.470. The molecule has 0 amide bonds. The van der Waals surface area contributed by atoms with Crippen molar-refractivity contribution in [1.29, 1.82) is 0 Å². The van der Waals surface area contributed by atoms with E-state index in [2.05, 4.69) is 25.5 Å². The Balaban J connectivity index is 2.54. The summed E-state index contributed by atoms with van der Waals surface area (Å²) in [6, 6.07) is 0. The van der Waals surface area contributed by atoms with Gasteiger partial charge in [0.15, 0.2) is 10.2 Å². The van der Waals surface area contributed by atoms with Gasteiger partial charge >= 0.3 is 11.4 Å². The van der Waals surface area contributed by atoms with Crippen LogP contribution in [-0.2, 0) is 6.54 Å². The van der Waals surface area contributed by atoms with Gasteiger partial charge in [-0.2, -0.15) is 4.98 Å². The highest BCUT2D eigenvalue weighted by Gasteiger charge is 2.24. The van der Waals surface area contributed by atoms with Crippen LogP contribution in [0.4, 0.5) is 11.6 Å². The number of nitrogens with zero attached hydrogens (tertiary/aromatic N) is 5. The van der Waals surface area contributed by atoms with Crippen LogP contribution in [0.25, 0.3) is 0 Å². The second-order valence-corrected chi connectivity index (χ2v) is 4.91. The lowest BCUT2D eigenvalue weighted by molar-refractivity contribution is -0.389. The van der Waals surface area contributed by atoms with Crippen molar-refractivity contribution in [1.82, 2.24) is 24.7 Å². The maximum Gasteiger partial charge on any atom is 0.343 e. The molecule has 0 aliphatic rings. The molecule has 0 aromatic carbocycles. The Morgan fingerprint density at radius 1 is 1.48 bits per heavy atom. The Labute approximate surface area is 123 Å². The van der Waals surface area contributed by atoms with Crippen molar-refractivity contribution in [3.8, 4) is 0 Å². The van der Waals surface area contributed by atoms with Gasteiger partial charge in [-0.1, -0.05) is 0 Å². The number of rotatable bonds is 5. The van der Waals surface area contributed by atoms with Crippen LogP contribution in [-0.4, -0.2) is 36.7 Å². The third-order valence-electron chi connectivity index (χ3n) is 2.66. The molecule has 0 bridgehead atoms. The molecule has 21 heavy (non-hydrogen) atoms. The van der Waals surface area contributed by atoms with Crippen LogP contribution in [0.1, 0.15) is 12.6 Å². The van der Waals surface area contributed by atoms with Crippen LogP contribution in [0.15, 0.2) is 15.0 Å². The average Bonchev–Trinajstić information content (AvgIpc) is 2.77. The molecule has 10 nitrogen and oxygen atoms in total. The molecule has 0 aliphatic heterocycles. The lowest BCUT2D eigenvalue weighted by atomic mass is 10.4. The number of anilines is 1. The summed E-state index contributed by atoms with van der Waals surface area (Å²) in [5.74, 6) is 0.265. The minimum absolute atomic E-state index is 0.130. The summed E-state index contributed by atoms with van der Waals surface area (Å²) in [5.41, 5.74) is -0.331. The number of H-pyrrole nitrogens is 1. The fourth-order valence-corrected chi connectivity index (χ4v) is 2.72. The number of aromatic amines is 1. The van der Waals surface area contributed by atoms with Crippen LogP contribution in [0.5, 0.6) is 0 Å². The van der Waals surface area contributed by atoms with Gasteiger partial charge in [0.2, 0.25) is 5.95 Å². The normalized spacial score (nSPS) is 10.6. The lowest BCUT2D eigenvalue weighted by Gasteiger charge is -2.06. The predicted molar refractivity (Wildman–Crippen MR) is 75.6 cm³/mol. The van der Waals surface area contributed by atoms with Crippen LogP contribution >= 0.6 is 11.8 Å². The summed E-state index contributed by atoms with van der Waals surface area (Å²) in [4.78, 5) is 30.2. The van der Waals surface area contributed by atoms with E-state index in [4.69, 9.17) is 0 Å². The first-order valence-electron chi connectivity index (χ1n) is 6.01. The molecule has 0 fully saturated rings. The SMILES string of the molecule is CCn1c(Sc2nc(NC)nc(C)c2[N+](=O)[O-])n[nH]c1=O. The number of aryl methyl sites for hydroxylation is 1. The summed E-state index contributed by atoms with van der Waals surface area (Å²) >= 11 is 0.946. The fourth-order valence-electron chi connectivity index (χ4n) is 1.68. The Bertz CT molecular complexity index is 739. The monoisotopic (exact) mass is 311 g/mol. The molecular formula is C10H13N7O3S. The Kier molecular flexibility index (Phi) is 4.21. The highest BCUT2D eigenvalue weighted by Crippen LogP contribution is 2.33. The average molecular weight is 311 g/mol. The number of nitrogens with one attached hydrogen (secondary N) is 2. The van der Waals surface area contributed by atoms with Gasteiger partial charge < -0.3 is 5.32 Å². The van der Waals surface area contributed by atoms with E-state index in [9.17, 15) is 14.9 Å². The third-order valence-corrected chi connectivity index (χ3v) is 3.63. The topological polar surface area (TPSA) is 132 Å². The first kappa shape index (κ1) is 15.0. The van der Waals surface area contributed by atoms with E-state index in [0.717, 1.165) is 11.8 Å². The van der Waals surface area contributed by atoms with Crippen LogP contribution in [0.3, 0.4) is 0 Å². The number of aromatic nitrogens is 5. The highest BCUT2D eigenvalue weighted by molar-refractivity contribution is 7.99. The molecule has 2 aromatic rings. The Hall–Kier alpha value is -2.43. The molecule has 2 N–H and O–H groups in total. The summed E-state index contributed by atoms with van der Waals surface area (Å²) in [6.07, 6.45) is 0. The number of hydrogen-bond acceptors (Lipinski definition) is 8. The summed E-state index contributed by atoms with van der Waals surface area (Å²) in [6.45, 7) is 3.70. The maximum atomic E-state index is 11.5. The van der Waals surface area contributed by atoms with E-state index in [1.54, 1.807) is 14.0 Å². The van der Waals surface area contributed by atoms with Crippen molar-refractivity contribution in [2.24, 2.45) is 0 Å². The predicted octanol–water partition coefficient (Wildman–Crippen LogP) is 0.791. The molecular weight excluding hydrogens is 298 g/mol. The molecule has 112 valence electrons. The minimum atomic E-state index is -0.543. The maximum absolute atomic E-state index is 11.5. The summed E-state index contributed by atoms with van der Waals surface area (Å²) < 4.78 is 1.37. The third kappa shape index (κ3) is 2.86. The van der Waals surface area contributed by atoms with E-state index in [1.165, 1.54) is 11.5 Å². The molecule has 2 rings (SSSR count). The van der Waals surface area contributed by atoms with Crippen molar-refractivity contribution >= 4 is 23.4 Å². The smallest absolute Gasteiger partial charge is 0.343 e. The largest absolute Gasteiger partial charge is 0.357 e. The molecule has 0 spiro atoms. The van der Waals surface area contributed by atoms with Crippen molar-refractivity contribution in [3.05, 3.63) is 26.3 Å². The zero-order valence-corrected chi connectivity index (χ0v) is 12.4. The van der Waals surface area contributed by atoms with Crippen molar-refractivity contribution in [2.45, 2.75) is 30.6 Å². The van der Waals surface area contributed by atoms with Gasteiger partial charge in [-0.15, -0.1) is 5.10 Å². The van der Waals surface area contributed by atoms with Crippen molar-refractivity contribution in [2.75, 3.05) is 12.4 Å². The van der Waals surface area contributed by atoms with E-state index in [1.807, 2.05) is 0 Å². The van der Waals surface area contributed by atoms with Crippen LogP contribution in [0.2, 0.25) is 0 Å². The second kappa shape index (κ2) is 5.91. The Morgan fingerprint density at radius 3 is 2.76 bits per heavy atom. The Morgan fingerprint density at radius 2 is 2.19 bits per heavy atom. The van der Waals surface area contributed by atoms with Gasteiger partial charge in [0.1, 0.15) is 5.69 Å². The van der Waals surface area contributed by atoms with E-state index >= 15 is 0 Å². The molecule has 0 aliphatic carbocycles. The fraction of sp³-hybridized carbons (Fsp3) is 0.400. The molecule has 2 heterocycles. The molecule has 2 aromatic heterocycles. The summed E-state index contributed by atoms with van der Waals surface area (Å²) in [7, 11) is 1.62. The number of hydrogen-bond donors (Lipinski definition) is 2. The van der Waals surface area contributed by atoms with Gasteiger partial charge in [-0.3, -0.25) is 14.7 Å². The zero-order chi connectivity index (χ0) is 15.6. The molecule has 0 saturated heterocycles. The minimum Gasteiger partial charge on any atom is -0.357 e. The van der Waals surface area contributed by atoms with Gasteiger partial charge in [0.25, 0.3) is 0 Å². The zero-order valence-electron chi connectivity index (χ0n) is 11.6. The van der Waals surface area contributed by atoms with E-state index < -0.39 is 4.92 Å². The van der Waals surface area contributed by atoms with Gasteiger partial charge in [-0.05, 0) is 25.6 Å². The van der Waals surface area contributed by atoms with E-state index in [-0.39, 0.29) is 28.0 Å². The lowest BCUT2D eigenvalue weighted by Crippen LogP contribution is -2.16. The van der Waals surface area contributed by atoms with Crippen molar-refractivity contribution < 1.29 is 4.92 Å². The molecule has 0 radical (unpaired) electrons. The molecule has 0 saturated carbocycles. The standard InChI is InChI=1S/C10H13N7O3S/c1-4-16-9(18)14-15-10(16)21-7-6(17(19)20)5(2)12-8(11-3)13-7/h4H2,1-3H3,(H,14,18)(H,11,12,13). The van der Waals surface area contributed by atoms with Gasteiger partial charge in [0, 0.05) is 13.6 Å². The van der Waals surface area contributed by atoms with Gasteiger partial charge in [-0.25, -0.2) is 14.9 Å². The van der Waals surface area contributed by atoms with E-state index in [0.29, 0.717) is 11.7 Å². The van der Waals surface area contributed by atoms with Crippen molar-refractivity contribution in [3.63, 3.8) is 0 Å². The van der Waals surface area contributed by atoms with Gasteiger partial charge in [0.05, 0.1) is 4.92 Å². The van der Waals surface area contributed by atoms with Crippen LogP contribution < -0.4 is 11.0 Å². The molecule has 11 heteroatoms. The first-order chi connectivity index (χ1) is 9.97. The highest BCUT2D eigenvalue weighted by atomic mass is 32.2. The molecule has 0 atom stereocenters. The van der Waals surface area contributed by atoms with Crippen LogP contribution in [0, 0.1) is 17.0 Å². The second-order valence-electron chi connectivity index (χ2n) is 3.95. The molecule has 0 unspecified atom stereocenters.